The molecule has 1 saturated carbocycles. The summed E-state index contributed by atoms with van der Waals surface area (Å²) in [5, 5.41) is 2.49. The molecular weight excluding hydrogens is 377 g/mol. The Balaban J connectivity index is 1.92. The number of amides is 1. The largest absolute Gasteiger partial charge is 0.393 e. The lowest BCUT2D eigenvalue weighted by Crippen LogP contribution is -2.47. The van der Waals surface area contributed by atoms with Gasteiger partial charge >= 0.3 is 11.9 Å². The molecule has 7 nitrogen and oxygen atoms in total. The number of fused-ring (bicyclic) bond motifs is 1. The molecule has 0 aromatic carbocycles. The Labute approximate surface area is 158 Å². The van der Waals surface area contributed by atoms with E-state index in [0.717, 1.165) is 0 Å². The second-order valence-electron chi connectivity index (χ2n) is 7.02. The topological polar surface area (TPSA) is 96.9 Å². The Morgan fingerprint density at radius 3 is 2.71 bits per heavy atom. The summed E-state index contributed by atoms with van der Waals surface area (Å²) in [6.07, 6.45) is -1.28. The third-order valence-electron chi connectivity index (χ3n) is 5.04. The quantitative estimate of drug-likeness (QED) is 0.826. The summed E-state index contributed by atoms with van der Waals surface area (Å²) < 4.78 is 40.9. The number of rotatable bonds is 4. The molecule has 152 valence electrons. The van der Waals surface area contributed by atoms with Gasteiger partial charge in [-0.3, -0.25) is 19.1 Å². The maximum absolute atomic E-state index is 13.2. The molecule has 2 N–H and O–H groups in total. The molecule has 1 amide bonds. The summed E-state index contributed by atoms with van der Waals surface area (Å²) in [6.45, 7) is 2.19. The highest BCUT2D eigenvalue weighted by molar-refractivity contribution is 5.96. The number of aryl methyl sites for hydroxylation is 1. The molecule has 0 saturated heterocycles. The van der Waals surface area contributed by atoms with Crippen LogP contribution in [0.5, 0.6) is 0 Å². The van der Waals surface area contributed by atoms with Crippen molar-refractivity contribution in [2.75, 3.05) is 0 Å². The lowest BCUT2D eigenvalue weighted by atomic mass is 9.84. The predicted octanol–water partition coefficient (Wildman–Crippen LogP) is 2.35. The van der Waals surface area contributed by atoms with Crippen molar-refractivity contribution in [1.82, 2.24) is 19.9 Å². The van der Waals surface area contributed by atoms with E-state index in [1.165, 1.54) is 16.8 Å². The number of nitrogens with one attached hydrogen (secondary N) is 2. The minimum absolute atomic E-state index is 0.0205. The first kappa shape index (κ1) is 20.1. The fourth-order valence-electron chi connectivity index (χ4n) is 3.67. The third kappa shape index (κ3) is 3.95. The minimum atomic E-state index is -4.38. The van der Waals surface area contributed by atoms with Gasteiger partial charge in [0.05, 0.1) is 16.9 Å². The van der Waals surface area contributed by atoms with Crippen molar-refractivity contribution in [1.29, 1.82) is 0 Å². The molecule has 3 rings (SSSR count). The first-order valence-corrected chi connectivity index (χ1v) is 9.22. The third-order valence-corrected chi connectivity index (χ3v) is 5.04. The number of H-pyrrole nitrogens is 1. The Hall–Kier alpha value is -2.65. The van der Waals surface area contributed by atoms with Crippen LogP contribution in [0.25, 0.3) is 11.0 Å². The summed E-state index contributed by atoms with van der Waals surface area (Å²) in [5.41, 5.74) is -1.18. The highest BCUT2D eigenvalue weighted by Crippen LogP contribution is 2.37. The number of halogens is 3. The van der Waals surface area contributed by atoms with Crippen molar-refractivity contribution >= 4 is 16.9 Å². The molecule has 1 aliphatic carbocycles. The van der Waals surface area contributed by atoms with Gasteiger partial charge in [-0.25, -0.2) is 9.78 Å². The fraction of sp³-hybridized carbons (Fsp3) is 0.556. The fourth-order valence-corrected chi connectivity index (χ4v) is 3.67. The first-order chi connectivity index (χ1) is 13.2. The van der Waals surface area contributed by atoms with Crippen LogP contribution in [0, 0.1) is 5.92 Å². The van der Waals surface area contributed by atoms with Crippen LogP contribution in [-0.4, -0.2) is 32.7 Å². The number of carbonyl (C=O) groups is 1. The van der Waals surface area contributed by atoms with E-state index in [0.29, 0.717) is 25.8 Å². The molecule has 2 atom stereocenters. The summed E-state index contributed by atoms with van der Waals surface area (Å²) in [5.74, 6) is -2.31. The van der Waals surface area contributed by atoms with Crippen LogP contribution in [0.15, 0.2) is 21.9 Å². The average molecular weight is 398 g/mol. The number of alkyl halides is 3. The second-order valence-corrected chi connectivity index (χ2v) is 7.02. The van der Waals surface area contributed by atoms with E-state index in [4.69, 9.17) is 0 Å². The number of hydrogen-bond acceptors (Lipinski definition) is 4. The molecule has 28 heavy (non-hydrogen) atoms. The van der Waals surface area contributed by atoms with Crippen LogP contribution in [0.4, 0.5) is 13.2 Å². The van der Waals surface area contributed by atoms with Gasteiger partial charge in [-0.05, 0) is 25.3 Å². The smallest absolute Gasteiger partial charge is 0.349 e. The maximum atomic E-state index is 13.2. The van der Waals surface area contributed by atoms with Gasteiger partial charge in [0.15, 0.2) is 0 Å². The number of hydrogen-bond donors (Lipinski definition) is 2. The second kappa shape index (κ2) is 7.76. The minimum Gasteiger partial charge on any atom is -0.349 e. The van der Waals surface area contributed by atoms with Crippen LogP contribution in [-0.2, 0) is 6.54 Å². The van der Waals surface area contributed by atoms with Gasteiger partial charge < -0.3 is 5.32 Å². The van der Waals surface area contributed by atoms with Gasteiger partial charge in [-0.15, -0.1) is 0 Å². The number of nitrogens with zero attached hydrogens (tertiary/aromatic N) is 2. The predicted molar refractivity (Wildman–Crippen MR) is 96.2 cm³/mol. The highest BCUT2D eigenvalue weighted by atomic mass is 19.4. The summed E-state index contributed by atoms with van der Waals surface area (Å²) in [4.78, 5) is 42.8. The van der Waals surface area contributed by atoms with E-state index in [-0.39, 0.29) is 29.4 Å². The molecule has 1 fully saturated rings. The maximum Gasteiger partial charge on any atom is 0.393 e. The molecule has 0 radical (unpaired) electrons. The molecule has 1 aliphatic rings. The summed E-state index contributed by atoms with van der Waals surface area (Å²) >= 11 is 0. The number of pyridine rings is 1. The molecule has 0 bridgehead atoms. The standard InChI is InChI=1S/C18H21F3N4O3/c1-2-7-25-14-11(16(27)24-17(25)28)8-10(9-22-14)15(26)23-13-6-4-3-5-12(13)18(19,20)21/h8-9,12-13H,2-7H2,1H3,(H,23,26)(H,24,27,28)/t12-,13-/m0/s1. The monoisotopic (exact) mass is 398 g/mol. The molecule has 0 spiro atoms. The summed E-state index contributed by atoms with van der Waals surface area (Å²) in [7, 11) is 0. The Bertz CT molecular complexity index is 996. The molecule has 0 aliphatic heterocycles. The molecular formula is C18H21F3N4O3. The van der Waals surface area contributed by atoms with Gasteiger partial charge in [-0.1, -0.05) is 19.8 Å². The first-order valence-electron chi connectivity index (χ1n) is 9.22. The number of aromatic amines is 1. The highest BCUT2D eigenvalue weighted by Gasteiger charge is 2.46. The van der Waals surface area contributed by atoms with E-state index in [1.54, 1.807) is 0 Å². The van der Waals surface area contributed by atoms with Gasteiger partial charge in [0.2, 0.25) is 0 Å². The zero-order valence-corrected chi connectivity index (χ0v) is 15.3. The van der Waals surface area contributed by atoms with Crippen LogP contribution >= 0.6 is 0 Å². The Morgan fingerprint density at radius 1 is 1.32 bits per heavy atom. The average Bonchev–Trinajstić information content (AvgIpc) is 2.64. The van der Waals surface area contributed by atoms with Crippen LogP contribution in [0.3, 0.4) is 0 Å². The normalized spacial score (nSPS) is 20.3. The molecule has 2 aromatic rings. The van der Waals surface area contributed by atoms with Crippen LogP contribution < -0.4 is 16.6 Å². The molecule has 0 unspecified atom stereocenters. The lowest BCUT2D eigenvalue weighted by Gasteiger charge is -2.33. The van der Waals surface area contributed by atoms with Crippen molar-refractivity contribution in [2.45, 2.75) is 57.8 Å². The van der Waals surface area contributed by atoms with E-state index in [9.17, 15) is 27.6 Å². The molecule has 2 heterocycles. The van der Waals surface area contributed by atoms with Crippen molar-refractivity contribution in [2.24, 2.45) is 5.92 Å². The van der Waals surface area contributed by atoms with Gasteiger partial charge in [0.25, 0.3) is 11.5 Å². The molecule has 10 heteroatoms. The zero-order valence-electron chi connectivity index (χ0n) is 15.3. The SMILES string of the molecule is CCCn1c(=O)[nH]c(=O)c2cc(C(=O)N[C@H]3CCCC[C@@H]3C(F)(F)F)cnc21. The van der Waals surface area contributed by atoms with E-state index in [2.05, 4.69) is 15.3 Å². The molecule has 2 aromatic heterocycles. The van der Waals surface area contributed by atoms with Gasteiger partial charge in [-0.2, -0.15) is 13.2 Å². The van der Waals surface area contributed by atoms with Gasteiger partial charge in [0.1, 0.15) is 5.65 Å². The number of carbonyl (C=O) groups excluding carboxylic acids is 1. The van der Waals surface area contributed by atoms with Crippen LogP contribution in [0.2, 0.25) is 0 Å². The Kier molecular flexibility index (Phi) is 5.57. The van der Waals surface area contributed by atoms with Crippen molar-refractivity contribution < 1.29 is 18.0 Å². The summed E-state index contributed by atoms with van der Waals surface area (Å²) in [6, 6.07) is 0.248. The van der Waals surface area contributed by atoms with E-state index >= 15 is 0 Å². The van der Waals surface area contributed by atoms with E-state index in [1.807, 2.05) is 6.92 Å². The Morgan fingerprint density at radius 2 is 2.04 bits per heavy atom. The van der Waals surface area contributed by atoms with E-state index < -0.39 is 35.3 Å². The lowest BCUT2D eigenvalue weighted by molar-refractivity contribution is -0.187. The van der Waals surface area contributed by atoms with Crippen molar-refractivity contribution in [3.63, 3.8) is 0 Å². The zero-order chi connectivity index (χ0) is 20.5. The van der Waals surface area contributed by atoms with Crippen molar-refractivity contribution in [3.05, 3.63) is 38.7 Å². The van der Waals surface area contributed by atoms with Crippen molar-refractivity contribution in [3.8, 4) is 0 Å². The van der Waals surface area contributed by atoms with Gasteiger partial charge in [0, 0.05) is 18.8 Å². The van der Waals surface area contributed by atoms with Crippen LogP contribution in [0.1, 0.15) is 49.4 Å². The number of aromatic nitrogens is 3.